The SMILES string of the molecule is CCc1ccc(NC(C)=O)cc1NC(=O)CCCN. The minimum atomic E-state index is -0.135. The first-order valence-corrected chi connectivity index (χ1v) is 6.47. The molecule has 1 aromatic carbocycles. The van der Waals surface area contributed by atoms with Crippen molar-refractivity contribution in [3.05, 3.63) is 23.8 Å². The smallest absolute Gasteiger partial charge is 0.224 e. The van der Waals surface area contributed by atoms with Gasteiger partial charge in [0.2, 0.25) is 11.8 Å². The number of carbonyl (C=O) groups excluding carboxylic acids is 2. The molecule has 0 aliphatic heterocycles. The van der Waals surface area contributed by atoms with E-state index in [4.69, 9.17) is 5.73 Å². The number of benzene rings is 1. The quantitative estimate of drug-likeness (QED) is 0.732. The van der Waals surface area contributed by atoms with E-state index in [2.05, 4.69) is 10.6 Å². The summed E-state index contributed by atoms with van der Waals surface area (Å²) in [6, 6.07) is 5.51. The summed E-state index contributed by atoms with van der Waals surface area (Å²) < 4.78 is 0. The Morgan fingerprint density at radius 3 is 2.58 bits per heavy atom. The number of amides is 2. The highest BCUT2D eigenvalue weighted by Crippen LogP contribution is 2.22. The molecule has 2 amide bonds. The molecule has 0 saturated carbocycles. The van der Waals surface area contributed by atoms with Gasteiger partial charge < -0.3 is 16.4 Å². The van der Waals surface area contributed by atoms with Gasteiger partial charge in [0.05, 0.1) is 0 Å². The Morgan fingerprint density at radius 2 is 2.00 bits per heavy atom. The highest BCUT2D eigenvalue weighted by molar-refractivity contribution is 5.94. The minimum Gasteiger partial charge on any atom is -0.330 e. The topological polar surface area (TPSA) is 84.2 Å². The van der Waals surface area contributed by atoms with Gasteiger partial charge in [0.15, 0.2) is 0 Å². The van der Waals surface area contributed by atoms with Crippen LogP contribution in [0.15, 0.2) is 18.2 Å². The van der Waals surface area contributed by atoms with Crippen molar-refractivity contribution in [3.8, 4) is 0 Å². The van der Waals surface area contributed by atoms with Gasteiger partial charge in [-0.15, -0.1) is 0 Å². The number of aryl methyl sites for hydroxylation is 1. The summed E-state index contributed by atoms with van der Waals surface area (Å²) in [5.74, 6) is -0.190. The van der Waals surface area contributed by atoms with E-state index in [1.165, 1.54) is 6.92 Å². The molecule has 0 aliphatic carbocycles. The summed E-state index contributed by atoms with van der Waals surface area (Å²) in [5, 5.41) is 5.57. The third kappa shape index (κ3) is 5.09. The fourth-order valence-corrected chi connectivity index (χ4v) is 1.76. The van der Waals surface area contributed by atoms with Gasteiger partial charge in [-0.05, 0) is 37.1 Å². The van der Waals surface area contributed by atoms with E-state index >= 15 is 0 Å². The van der Waals surface area contributed by atoms with Gasteiger partial charge in [-0.1, -0.05) is 13.0 Å². The van der Waals surface area contributed by atoms with Gasteiger partial charge in [0, 0.05) is 24.7 Å². The Kier molecular flexibility index (Phi) is 6.02. The minimum absolute atomic E-state index is 0.0554. The third-order valence-corrected chi connectivity index (χ3v) is 2.69. The van der Waals surface area contributed by atoms with Gasteiger partial charge in [0.1, 0.15) is 0 Å². The Balaban J connectivity index is 2.83. The van der Waals surface area contributed by atoms with Crippen molar-refractivity contribution < 1.29 is 9.59 Å². The van der Waals surface area contributed by atoms with Crippen LogP contribution in [-0.4, -0.2) is 18.4 Å². The van der Waals surface area contributed by atoms with Crippen LogP contribution in [0.3, 0.4) is 0 Å². The van der Waals surface area contributed by atoms with Crippen LogP contribution < -0.4 is 16.4 Å². The van der Waals surface area contributed by atoms with E-state index in [0.29, 0.717) is 25.1 Å². The lowest BCUT2D eigenvalue weighted by Crippen LogP contribution is -2.15. The van der Waals surface area contributed by atoms with Gasteiger partial charge >= 0.3 is 0 Å². The van der Waals surface area contributed by atoms with Crippen LogP contribution in [0, 0.1) is 0 Å². The molecule has 4 N–H and O–H groups in total. The third-order valence-electron chi connectivity index (χ3n) is 2.69. The second-order valence-corrected chi connectivity index (χ2v) is 4.35. The maximum absolute atomic E-state index is 11.7. The van der Waals surface area contributed by atoms with Crippen molar-refractivity contribution in [1.82, 2.24) is 0 Å². The van der Waals surface area contributed by atoms with Crippen molar-refractivity contribution in [3.63, 3.8) is 0 Å². The average Bonchev–Trinajstić information content (AvgIpc) is 2.36. The molecule has 5 nitrogen and oxygen atoms in total. The molecular formula is C14H21N3O2. The van der Waals surface area contributed by atoms with Crippen LogP contribution in [0.25, 0.3) is 0 Å². The van der Waals surface area contributed by atoms with E-state index in [1.54, 1.807) is 6.07 Å². The number of nitrogens with one attached hydrogen (secondary N) is 2. The van der Waals surface area contributed by atoms with Crippen LogP contribution in [0.1, 0.15) is 32.3 Å². The van der Waals surface area contributed by atoms with Crippen molar-refractivity contribution >= 4 is 23.2 Å². The Morgan fingerprint density at radius 1 is 1.26 bits per heavy atom. The molecule has 0 saturated heterocycles. The van der Waals surface area contributed by atoms with Gasteiger partial charge in [-0.25, -0.2) is 0 Å². The lowest BCUT2D eigenvalue weighted by atomic mass is 10.1. The lowest BCUT2D eigenvalue weighted by molar-refractivity contribution is -0.116. The maximum Gasteiger partial charge on any atom is 0.224 e. The van der Waals surface area contributed by atoms with Crippen LogP contribution in [-0.2, 0) is 16.0 Å². The monoisotopic (exact) mass is 263 g/mol. The average molecular weight is 263 g/mol. The molecular weight excluding hydrogens is 242 g/mol. The fraction of sp³-hybridized carbons (Fsp3) is 0.429. The Bertz CT molecular complexity index is 458. The van der Waals surface area contributed by atoms with Crippen molar-refractivity contribution in [1.29, 1.82) is 0 Å². The molecule has 0 atom stereocenters. The van der Waals surface area contributed by atoms with Crippen LogP contribution >= 0.6 is 0 Å². The second-order valence-electron chi connectivity index (χ2n) is 4.35. The Labute approximate surface area is 113 Å². The molecule has 0 bridgehead atoms. The number of anilines is 2. The zero-order chi connectivity index (χ0) is 14.3. The predicted molar refractivity (Wildman–Crippen MR) is 77.0 cm³/mol. The van der Waals surface area contributed by atoms with E-state index in [1.807, 2.05) is 19.1 Å². The van der Waals surface area contributed by atoms with Crippen LogP contribution in [0.2, 0.25) is 0 Å². The molecule has 0 unspecified atom stereocenters. The Hall–Kier alpha value is -1.88. The van der Waals surface area contributed by atoms with E-state index < -0.39 is 0 Å². The highest BCUT2D eigenvalue weighted by atomic mass is 16.2. The van der Waals surface area contributed by atoms with E-state index in [-0.39, 0.29) is 11.8 Å². The van der Waals surface area contributed by atoms with Crippen molar-refractivity contribution in [2.24, 2.45) is 5.73 Å². The second kappa shape index (κ2) is 7.53. The summed E-state index contributed by atoms with van der Waals surface area (Å²) in [5.41, 5.74) is 7.84. The summed E-state index contributed by atoms with van der Waals surface area (Å²) in [6.07, 6.45) is 1.88. The maximum atomic E-state index is 11.7. The molecule has 0 spiro atoms. The fourth-order valence-electron chi connectivity index (χ4n) is 1.76. The zero-order valence-electron chi connectivity index (χ0n) is 11.5. The number of hydrogen-bond acceptors (Lipinski definition) is 3. The summed E-state index contributed by atoms with van der Waals surface area (Å²) in [6.45, 7) is 3.97. The number of carbonyl (C=O) groups is 2. The summed E-state index contributed by atoms with van der Waals surface area (Å²) in [7, 11) is 0. The van der Waals surface area contributed by atoms with Crippen molar-refractivity contribution in [2.45, 2.75) is 33.1 Å². The molecule has 0 heterocycles. The molecule has 0 aliphatic rings. The number of hydrogen-bond donors (Lipinski definition) is 3. The van der Waals surface area contributed by atoms with Crippen LogP contribution in [0.4, 0.5) is 11.4 Å². The highest BCUT2D eigenvalue weighted by Gasteiger charge is 2.07. The van der Waals surface area contributed by atoms with E-state index in [0.717, 1.165) is 17.7 Å². The van der Waals surface area contributed by atoms with Crippen molar-refractivity contribution in [2.75, 3.05) is 17.2 Å². The zero-order valence-corrected chi connectivity index (χ0v) is 11.5. The van der Waals surface area contributed by atoms with Gasteiger partial charge in [-0.3, -0.25) is 9.59 Å². The molecule has 104 valence electrons. The van der Waals surface area contributed by atoms with Gasteiger partial charge in [0.25, 0.3) is 0 Å². The largest absolute Gasteiger partial charge is 0.330 e. The molecule has 0 aromatic heterocycles. The first-order valence-electron chi connectivity index (χ1n) is 6.47. The summed E-state index contributed by atoms with van der Waals surface area (Å²) in [4.78, 5) is 22.7. The number of nitrogens with two attached hydrogens (primary N) is 1. The molecule has 1 rings (SSSR count). The first kappa shape index (κ1) is 15.2. The molecule has 5 heteroatoms. The molecule has 0 fully saturated rings. The normalized spacial score (nSPS) is 10.1. The van der Waals surface area contributed by atoms with E-state index in [9.17, 15) is 9.59 Å². The molecule has 0 radical (unpaired) electrons. The summed E-state index contributed by atoms with van der Waals surface area (Å²) >= 11 is 0. The molecule has 19 heavy (non-hydrogen) atoms. The molecule has 1 aromatic rings. The first-order chi connectivity index (χ1) is 9.06. The number of rotatable bonds is 6. The predicted octanol–water partition coefficient (Wildman–Crippen LogP) is 1.88. The van der Waals surface area contributed by atoms with Crippen LogP contribution in [0.5, 0.6) is 0 Å². The lowest BCUT2D eigenvalue weighted by Gasteiger charge is -2.12. The van der Waals surface area contributed by atoms with Gasteiger partial charge in [-0.2, -0.15) is 0 Å². The standard InChI is InChI=1S/C14H21N3O2/c1-3-11-6-7-12(16-10(2)18)9-13(11)17-14(19)5-4-8-15/h6-7,9H,3-5,8,15H2,1-2H3,(H,16,18)(H,17,19).